The number of hydrogen-bond acceptors (Lipinski definition) is 7. The molecule has 1 N–H and O–H groups in total. The van der Waals surface area contributed by atoms with Gasteiger partial charge in [0.2, 0.25) is 0 Å². The second-order valence-electron chi connectivity index (χ2n) is 10.0. The zero-order chi connectivity index (χ0) is 27.0. The van der Waals surface area contributed by atoms with E-state index in [0.717, 1.165) is 66.3 Å². The van der Waals surface area contributed by atoms with E-state index in [1.165, 1.54) is 11.9 Å². The first-order chi connectivity index (χ1) is 18.2. The Morgan fingerprint density at radius 3 is 2.45 bits per heavy atom. The van der Waals surface area contributed by atoms with Crippen LogP contribution >= 0.6 is 11.8 Å². The largest absolute Gasteiger partial charge is 0.478 e. The minimum absolute atomic E-state index is 0.280. The molecule has 2 aromatic carbocycles. The number of nitrogens with zero attached hydrogens (tertiary/aromatic N) is 5. The number of aromatic carboxylic acids is 1. The fourth-order valence-corrected chi connectivity index (χ4v) is 6.50. The smallest absolute Gasteiger partial charge is 0.335 e. The van der Waals surface area contributed by atoms with Crippen LogP contribution in [0.2, 0.25) is 0 Å². The Balaban J connectivity index is 1.23. The molecule has 0 bridgehead atoms. The van der Waals surface area contributed by atoms with Crippen LogP contribution in [0, 0.1) is 0 Å². The van der Waals surface area contributed by atoms with Gasteiger partial charge in [0.15, 0.2) is 0 Å². The number of para-hydroxylation sites is 1. The van der Waals surface area contributed by atoms with Crippen molar-refractivity contribution in [3.8, 4) is 0 Å². The summed E-state index contributed by atoms with van der Waals surface area (Å²) >= 11 is 1.68. The topological polar surface area (TPSA) is 91.0 Å². The molecule has 1 saturated heterocycles. The summed E-state index contributed by atoms with van der Waals surface area (Å²) in [6, 6.07) is 15.6. The first kappa shape index (κ1) is 26.1. The highest BCUT2D eigenvalue weighted by Crippen LogP contribution is 2.48. The van der Waals surface area contributed by atoms with Gasteiger partial charge in [-0.3, -0.25) is 13.9 Å². The summed E-state index contributed by atoms with van der Waals surface area (Å²) in [6.45, 7) is 3.27. The van der Waals surface area contributed by atoms with Gasteiger partial charge in [-0.15, -0.1) is 0 Å². The van der Waals surface area contributed by atoms with Crippen molar-refractivity contribution < 1.29 is 9.90 Å². The molecule has 200 valence electrons. The van der Waals surface area contributed by atoms with Crippen LogP contribution in [0.1, 0.15) is 29.6 Å². The van der Waals surface area contributed by atoms with E-state index < -0.39 is 5.97 Å². The Kier molecular flexibility index (Phi) is 7.36. The molecule has 3 aromatic rings. The molecule has 0 unspecified atom stereocenters. The zero-order valence-corrected chi connectivity index (χ0v) is 22.8. The van der Waals surface area contributed by atoms with Crippen molar-refractivity contribution in [2.75, 3.05) is 43.0 Å². The van der Waals surface area contributed by atoms with Crippen molar-refractivity contribution in [1.82, 2.24) is 14.0 Å². The molecule has 1 fully saturated rings. The van der Waals surface area contributed by atoms with Crippen LogP contribution in [-0.2, 0) is 14.1 Å². The van der Waals surface area contributed by atoms with Crippen molar-refractivity contribution >= 4 is 34.9 Å². The molecule has 2 aliphatic rings. The highest BCUT2D eigenvalue weighted by Gasteiger charge is 2.26. The van der Waals surface area contributed by atoms with Gasteiger partial charge in [0.25, 0.3) is 5.56 Å². The van der Waals surface area contributed by atoms with Crippen molar-refractivity contribution in [3.63, 3.8) is 0 Å². The zero-order valence-electron chi connectivity index (χ0n) is 22.0. The number of rotatable bonds is 7. The maximum atomic E-state index is 12.3. The minimum Gasteiger partial charge on any atom is -0.478 e. The van der Waals surface area contributed by atoms with Gasteiger partial charge < -0.3 is 19.8 Å². The third-order valence-electron chi connectivity index (χ3n) is 7.68. The molecule has 3 heterocycles. The third kappa shape index (κ3) is 4.98. The van der Waals surface area contributed by atoms with E-state index in [9.17, 15) is 19.5 Å². The molecule has 10 heteroatoms. The second-order valence-corrected chi connectivity index (χ2v) is 11.1. The third-order valence-corrected chi connectivity index (χ3v) is 8.81. The lowest BCUT2D eigenvalue weighted by Crippen LogP contribution is -2.47. The molecule has 0 aliphatic carbocycles. The van der Waals surface area contributed by atoms with Crippen LogP contribution in [0.5, 0.6) is 0 Å². The van der Waals surface area contributed by atoms with Gasteiger partial charge in [-0.2, -0.15) is 0 Å². The summed E-state index contributed by atoms with van der Waals surface area (Å²) in [5, 5.41) is 9.54. The lowest BCUT2D eigenvalue weighted by atomic mass is 10.0. The van der Waals surface area contributed by atoms with Crippen LogP contribution in [0.4, 0.5) is 17.2 Å². The first-order valence-corrected chi connectivity index (χ1v) is 13.7. The van der Waals surface area contributed by atoms with E-state index in [1.54, 1.807) is 41.6 Å². The molecule has 0 radical (unpaired) electrons. The highest BCUT2D eigenvalue weighted by molar-refractivity contribution is 7.99. The molecular weight excluding hydrogens is 502 g/mol. The Morgan fingerprint density at radius 2 is 1.71 bits per heavy atom. The van der Waals surface area contributed by atoms with Crippen LogP contribution in [0.25, 0.3) is 0 Å². The number of piperidine rings is 1. The Hall–Kier alpha value is -3.50. The number of anilines is 3. The number of carboxylic acids is 1. The quantitative estimate of drug-likeness (QED) is 0.493. The van der Waals surface area contributed by atoms with E-state index >= 15 is 0 Å². The van der Waals surface area contributed by atoms with Crippen LogP contribution < -0.4 is 21.0 Å². The molecule has 1 aromatic heterocycles. The normalized spacial score (nSPS) is 15.5. The van der Waals surface area contributed by atoms with Gasteiger partial charge in [-0.05, 0) is 63.2 Å². The summed E-state index contributed by atoms with van der Waals surface area (Å²) in [5.41, 5.74) is 1.78. The van der Waals surface area contributed by atoms with Gasteiger partial charge in [-0.1, -0.05) is 23.9 Å². The van der Waals surface area contributed by atoms with Gasteiger partial charge >= 0.3 is 11.7 Å². The number of carboxylic acid groups (broad SMARTS) is 1. The minimum atomic E-state index is -0.918. The second kappa shape index (κ2) is 10.7. The Labute approximate surface area is 225 Å². The Morgan fingerprint density at radius 1 is 1.00 bits per heavy atom. The monoisotopic (exact) mass is 535 g/mol. The number of fused-ring (bicyclic) bond motifs is 2. The fourth-order valence-electron chi connectivity index (χ4n) is 5.42. The van der Waals surface area contributed by atoms with E-state index in [0.29, 0.717) is 17.4 Å². The van der Waals surface area contributed by atoms with Gasteiger partial charge in [0.1, 0.15) is 5.82 Å². The molecule has 5 rings (SSSR count). The number of carbonyl (C=O) groups is 1. The van der Waals surface area contributed by atoms with E-state index in [1.807, 2.05) is 18.2 Å². The molecule has 0 amide bonds. The maximum Gasteiger partial charge on any atom is 0.335 e. The maximum absolute atomic E-state index is 12.3. The SMILES string of the molecule is CN(CCCN1c2ccccc2Sc2ccc(C(=O)O)cc21)C1CCN(c2cc(=O)n(C)c(=O)n2C)CC1. The summed E-state index contributed by atoms with van der Waals surface area (Å²) in [5.74, 6) is -0.237. The molecule has 38 heavy (non-hydrogen) atoms. The molecule has 2 aliphatic heterocycles. The lowest BCUT2D eigenvalue weighted by molar-refractivity contribution is 0.0697. The lowest BCUT2D eigenvalue weighted by Gasteiger charge is -2.38. The summed E-state index contributed by atoms with van der Waals surface area (Å²) in [4.78, 5) is 45.2. The van der Waals surface area contributed by atoms with E-state index in [2.05, 4.69) is 33.9 Å². The summed E-state index contributed by atoms with van der Waals surface area (Å²) in [6.07, 6.45) is 2.83. The summed E-state index contributed by atoms with van der Waals surface area (Å²) < 4.78 is 2.68. The average Bonchev–Trinajstić information content (AvgIpc) is 2.93. The molecule has 0 atom stereocenters. The van der Waals surface area contributed by atoms with E-state index in [-0.39, 0.29) is 11.2 Å². The van der Waals surface area contributed by atoms with Crippen molar-refractivity contribution in [2.45, 2.75) is 35.1 Å². The number of benzene rings is 2. The number of hydrogen-bond donors (Lipinski definition) is 1. The predicted octanol–water partition coefficient (Wildman–Crippen LogP) is 3.38. The van der Waals surface area contributed by atoms with Gasteiger partial charge in [-0.25, -0.2) is 9.59 Å². The molecule has 0 saturated carbocycles. The number of aromatic nitrogens is 2. The van der Waals surface area contributed by atoms with Crippen molar-refractivity contribution in [1.29, 1.82) is 0 Å². The summed E-state index contributed by atoms with van der Waals surface area (Å²) in [7, 11) is 5.37. The van der Waals surface area contributed by atoms with Crippen molar-refractivity contribution in [3.05, 3.63) is 74.9 Å². The standard InChI is InChI=1S/C28H33N5O4S/c1-29(20-11-15-32(16-12-20)25-18-26(34)31(3)28(37)30(25)2)13-6-14-33-21-7-4-5-8-23(21)38-24-10-9-19(27(35)36)17-22(24)33/h4-5,7-10,17-18,20H,6,11-16H2,1-3H3,(H,35,36). The van der Waals surface area contributed by atoms with Crippen LogP contribution in [0.15, 0.2) is 67.9 Å². The molecule has 9 nitrogen and oxygen atoms in total. The van der Waals surface area contributed by atoms with E-state index in [4.69, 9.17) is 0 Å². The van der Waals surface area contributed by atoms with Crippen LogP contribution in [-0.4, -0.2) is 64.4 Å². The molecular formula is C28H33N5O4S. The van der Waals surface area contributed by atoms with Crippen LogP contribution in [0.3, 0.4) is 0 Å². The van der Waals surface area contributed by atoms with Crippen molar-refractivity contribution in [2.24, 2.45) is 14.1 Å². The molecule has 0 spiro atoms. The fraction of sp³-hybridized carbons (Fsp3) is 0.393. The van der Waals surface area contributed by atoms with Gasteiger partial charge in [0, 0.05) is 55.6 Å². The van der Waals surface area contributed by atoms with Gasteiger partial charge in [0.05, 0.1) is 16.9 Å². The Bertz CT molecular complexity index is 1470. The first-order valence-electron chi connectivity index (χ1n) is 12.9. The highest BCUT2D eigenvalue weighted by atomic mass is 32.2. The predicted molar refractivity (Wildman–Crippen MR) is 150 cm³/mol. The average molecular weight is 536 g/mol.